The number of likely N-dealkylation sites (tertiary alicyclic amines) is 1. The highest BCUT2D eigenvalue weighted by atomic mass is 16.1. The minimum atomic E-state index is 0.0927. The van der Waals surface area contributed by atoms with Gasteiger partial charge in [-0.05, 0) is 38.3 Å². The Kier molecular flexibility index (Phi) is 9.14. The van der Waals surface area contributed by atoms with E-state index >= 15 is 0 Å². The van der Waals surface area contributed by atoms with Gasteiger partial charge in [0.15, 0.2) is 0 Å². The summed E-state index contributed by atoms with van der Waals surface area (Å²) in [7, 11) is 0. The Morgan fingerprint density at radius 1 is 1.24 bits per heavy atom. The lowest BCUT2D eigenvalue weighted by atomic mass is 10.0. The lowest BCUT2D eigenvalue weighted by Gasteiger charge is -2.24. The van der Waals surface area contributed by atoms with Crippen LogP contribution < -0.4 is 5.32 Å². The molecule has 1 aliphatic rings. The molecule has 1 unspecified atom stereocenters. The molecule has 1 amide bonds. The van der Waals surface area contributed by atoms with Crippen LogP contribution in [0.5, 0.6) is 0 Å². The monoisotopic (exact) mass is 242 g/mol. The summed E-state index contributed by atoms with van der Waals surface area (Å²) in [5.41, 5.74) is 0. The number of carbonyl (C=O) groups is 1. The molecule has 0 aromatic heterocycles. The SMILES string of the molecule is CC.CC(=O)NC(CCN1CCCC1)C(C)C. The maximum absolute atomic E-state index is 11.0. The third kappa shape index (κ3) is 7.37. The summed E-state index contributed by atoms with van der Waals surface area (Å²) in [5.74, 6) is 0.617. The number of rotatable bonds is 5. The molecule has 1 heterocycles. The smallest absolute Gasteiger partial charge is 0.217 e. The second-order valence-electron chi connectivity index (χ2n) is 4.89. The van der Waals surface area contributed by atoms with Crippen molar-refractivity contribution >= 4 is 5.91 Å². The zero-order chi connectivity index (χ0) is 13.3. The standard InChI is InChI=1S/C12H24N2O.C2H6/c1-10(2)12(13-11(3)15)6-9-14-7-4-5-8-14;1-2/h10,12H,4-9H2,1-3H3,(H,13,15);1-2H3. The molecule has 1 aliphatic heterocycles. The number of nitrogens with one attached hydrogen (secondary N) is 1. The van der Waals surface area contributed by atoms with Gasteiger partial charge in [-0.1, -0.05) is 27.7 Å². The Morgan fingerprint density at radius 3 is 2.18 bits per heavy atom. The second kappa shape index (κ2) is 9.46. The summed E-state index contributed by atoms with van der Waals surface area (Å²) in [6.45, 7) is 13.6. The first kappa shape index (κ1) is 16.4. The first-order valence-corrected chi connectivity index (χ1v) is 7.09. The molecule has 1 atom stereocenters. The van der Waals surface area contributed by atoms with Crippen molar-refractivity contribution in [3.8, 4) is 0 Å². The van der Waals surface area contributed by atoms with E-state index in [1.165, 1.54) is 25.9 Å². The van der Waals surface area contributed by atoms with E-state index in [0.29, 0.717) is 12.0 Å². The summed E-state index contributed by atoms with van der Waals surface area (Å²) in [6, 6.07) is 0.336. The number of hydrogen-bond acceptors (Lipinski definition) is 2. The van der Waals surface area contributed by atoms with Gasteiger partial charge < -0.3 is 10.2 Å². The summed E-state index contributed by atoms with van der Waals surface area (Å²) >= 11 is 0. The van der Waals surface area contributed by atoms with Gasteiger partial charge in [-0.25, -0.2) is 0 Å². The van der Waals surface area contributed by atoms with E-state index in [0.717, 1.165) is 13.0 Å². The molecule has 1 saturated heterocycles. The van der Waals surface area contributed by atoms with Crippen molar-refractivity contribution < 1.29 is 4.79 Å². The zero-order valence-electron chi connectivity index (χ0n) is 12.3. The van der Waals surface area contributed by atoms with Crippen LogP contribution in [0.3, 0.4) is 0 Å². The van der Waals surface area contributed by atoms with Crippen molar-refractivity contribution in [3.05, 3.63) is 0 Å². The molecule has 0 aliphatic carbocycles. The zero-order valence-corrected chi connectivity index (χ0v) is 12.3. The van der Waals surface area contributed by atoms with Crippen LogP contribution in [0.4, 0.5) is 0 Å². The number of nitrogens with zero attached hydrogens (tertiary/aromatic N) is 1. The van der Waals surface area contributed by atoms with Crippen molar-refractivity contribution in [2.75, 3.05) is 19.6 Å². The molecule has 3 heteroatoms. The van der Waals surface area contributed by atoms with Crippen LogP contribution in [0.1, 0.15) is 53.9 Å². The largest absolute Gasteiger partial charge is 0.353 e. The molecule has 0 aromatic rings. The van der Waals surface area contributed by atoms with Crippen LogP contribution >= 0.6 is 0 Å². The van der Waals surface area contributed by atoms with Gasteiger partial charge in [-0.2, -0.15) is 0 Å². The van der Waals surface area contributed by atoms with E-state index in [1.807, 2.05) is 13.8 Å². The van der Waals surface area contributed by atoms with Crippen LogP contribution in [0.2, 0.25) is 0 Å². The van der Waals surface area contributed by atoms with Gasteiger partial charge in [-0.3, -0.25) is 4.79 Å². The fraction of sp³-hybridized carbons (Fsp3) is 0.929. The van der Waals surface area contributed by atoms with Crippen LogP contribution in [-0.4, -0.2) is 36.5 Å². The lowest BCUT2D eigenvalue weighted by Crippen LogP contribution is -2.39. The summed E-state index contributed by atoms with van der Waals surface area (Å²) in [6.07, 6.45) is 3.76. The first-order chi connectivity index (χ1) is 8.09. The highest BCUT2D eigenvalue weighted by molar-refractivity contribution is 5.73. The highest BCUT2D eigenvalue weighted by Crippen LogP contribution is 2.11. The molecule has 1 N–H and O–H groups in total. The molecular weight excluding hydrogens is 212 g/mol. The van der Waals surface area contributed by atoms with Gasteiger partial charge in [0.2, 0.25) is 5.91 Å². The van der Waals surface area contributed by atoms with Gasteiger partial charge in [0.05, 0.1) is 0 Å². The normalized spacial score (nSPS) is 17.5. The average Bonchev–Trinajstić information content (AvgIpc) is 2.79. The van der Waals surface area contributed by atoms with Gasteiger partial charge in [-0.15, -0.1) is 0 Å². The van der Waals surface area contributed by atoms with Crippen LogP contribution in [-0.2, 0) is 4.79 Å². The highest BCUT2D eigenvalue weighted by Gasteiger charge is 2.17. The van der Waals surface area contributed by atoms with E-state index in [1.54, 1.807) is 6.92 Å². The number of hydrogen-bond donors (Lipinski definition) is 1. The molecule has 1 rings (SSSR count). The average molecular weight is 242 g/mol. The van der Waals surface area contributed by atoms with Crippen molar-refractivity contribution in [2.24, 2.45) is 5.92 Å². The molecule has 0 aromatic carbocycles. The van der Waals surface area contributed by atoms with E-state index in [9.17, 15) is 4.79 Å². The molecule has 1 fully saturated rings. The second-order valence-corrected chi connectivity index (χ2v) is 4.89. The molecule has 0 radical (unpaired) electrons. The third-order valence-corrected chi connectivity index (χ3v) is 3.15. The first-order valence-electron chi connectivity index (χ1n) is 7.09. The third-order valence-electron chi connectivity index (χ3n) is 3.15. The van der Waals surface area contributed by atoms with Crippen molar-refractivity contribution in [1.82, 2.24) is 10.2 Å². The quantitative estimate of drug-likeness (QED) is 0.804. The lowest BCUT2D eigenvalue weighted by molar-refractivity contribution is -0.120. The van der Waals surface area contributed by atoms with Crippen molar-refractivity contribution in [3.63, 3.8) is 0 Å². The fourth-order valence-electron chi connectivity index (χ4n) is 2.16. The number of carbonyl (C=O) groups excluding carboxylic acids is 1. The van der Waals surface area contributed by atoms with E-state index in [4.69, 9.17) is 0 Å². The van der Waals surface area contributed by atoms with Gasteiger partial charge in [0, 0.05) is 19.5 Å². The molecule has 3 nitrogen and oxygen atoms in total. The summed E-state index contributed by atoms with van der Waals surface area (Å²) in [4.78, 5) is 13.5. The van der Waals surface area contributed by atoms with E-state index < -0.39 is 0 Å². The molecular formula is C14H30N2O. The Bertz CT molecular complexity index is 198. The Hall–Kier alpha value is -0.570. The molecule has 0 saturated carbocycles. The van der Waals surface area contributed by atoms with Gasteiger partial charge in [0.1, 0.15) is 0 Å². The van der Waals surface area contributed by atoms with Crippen molar-refractivity contribution in [1.29, 1.82) is 0 Å². The fourth-order valence-corrected chi connectivity index (χ4v) is 2.16. The van der Waals surface area contributed by atoms with Crippen molar-refractivity contribution in [2.45, 2.75) is 59.9 Å². The minimum absolute atomic E-state index is 0.0927. The Morgan fingerprint density at radius 2 is 1.76 bits per heavy atom. The predicted octanol–water partition coefficient (Wildman–Crippen LogP) is 2.66. The minimum Gasteiger partial charge on any atom is -0.353 e. The van der Waals surface area contributed by atoms with Gasteiger partial charge in [0.25, 0.3) is 0 Å². The maximum Gasteiger partial charge on any atom is 0.217 e. The number of amides is 1. The van der Waals surface area contributed by atoms with E-state index in [-0.39, 0.29) is 5.91 Å². The summed E-state index contributed by atoms with van der Waals surface area (Å²) in [5, 5.41) is 3.04. The Labute approximate surface area is 107 Å². The summed E-state index contributed by atoms with van der Waals surface area (Å²) < 4.78 is 0. The molecule has 102 valence electrons. The maximum atomic E-state index is 11.0. The van der Waals surface area contributed by atoms with Crippen LogP contribution in [0.25, 0.3) is 0 Å². The van der Waals surface area contributed by atoms with Gasteiger partial charge >= 0.3 is 0 Å². The van der Waals surface area contributed by atoms with E-state index in [2.05, 4.69) is 24.1 Å². The van der Waals surface area contributed by atoms with Crippen LogP contribution in [0.15, 0.2) is 0 Å². The van der Waals surface area contributed by atoms with Crippen LogP contribution in [0, 0.1) is 5.92 Å². The topological polar surface area (TPSA) is 32.3 Å². The molecule has 0 spiro atoms. The molecule has 17 heavy (non-hydrogen) atoms. The molecule has 0 bridgehead atoms. The predicted molar refractivity (Wildman–Crippen MR) is 74.1 cm³/mol. The Balaban J connectivity index is 0.00000121.